The first-order valence-corrected chi connectivity index (χ1v) is 10.5. The smallest absolute Gasteiger partial charge is 0.336 e. The van der Waals surface area contributed by atoms with Crippen molar-refractivity contribution in [1.82, 2.24) is 5.32 Å². The molecule has 0 bridgehead atoms. The van der Waals surface area contributed by atoms with Crippen molar-refractivity contribution in [2.45, 2.75) is 39.5 Å². The second kappa shape index (κ2) is 9.37. The van der Waals surface area contributed by atoms with Crippen LogP contribution in [-0.4, -0.2) is 38.5 Å². The Balaban J connectivity index is 2.20. The molecule has 1 aliphatic heterocycles. The van der Waals surface area contributed by atoms with Crippen LogP contribution in [0.15, 0.2) is 46.8 Å². The van der Waals surface area contributed by atoms with E-state index in [1.165, 1.54) is 7.11 Å². The molecule has 1 aromatic carbocycles. The van der Waals surface area contributed by atoms with Crippen molar-refractivity contribution in [2.24, 2.45) is 11.8 Å². The highest BCUT2D eigenvalue weighted by Crippen LogP contribution is 2.47. The number of allylic oxidation sites excluding steroid dienone is 3. The van der Waals surface area contributed by atoms with Gasteiger partial charge < -0.3 is 19.5 Å². The Labute approximate surface area is 182 Å². The lowest BCUT2D eigenvalue weighted by Crippen LogP contribution is -2.43. The van der Waals surface area contributed by atoms with Crippen LogP contribution in [0.25, 0.3) is 0 Å². The summed E-state index contributed by atoms with van der Waals surface area (Å²) in [6, 6.07) is 7.28. The number of ketones is 1. The van der Waals surface area contributed by atoms with Crippen molar-refractivity contribution in [3.8, 4) is 5.75 Å². The number of carbonyl (C=O) groups excluding carboxylic acids is 3. The zero-order chi connectivity index (χ0) is 22.7. The van der Waals surface area contributed by atoms with Crippen LogP contribution in [0.1, 0.15) is 45.1 Å². The molecule has 3 atom stereocenters. The molecule has 0 saturated carbocycles. The molecule has 1 N–H and O–H groups in total. The number of ether oxygens (including phenoxy) is 3. The fourth-order valence-corrected chi connectivity index (χ4v) is 4.44. The molecule has 3 rings (SSSR count). The van der Waals surface area contributed by atoms with E-state index in [4.69, 9.17) is 14.2 Å². The van der Waals surface area contributed by atoms with E-state index in [0.29, 0.717) is 41.0 Å². The molecular formula is C24H29NO6. The van der Waals surface area contributed by atoms with Gasteiger partial charge >= 0.3 is 11.9 Å². The van der Waals surface area contributed by atoms with E-state index in [0.717, 1.165) is 5.70 Å². The van der Waals surface area contributed by atoms with Gasteiger partial charge in [-0.15, -0.1) is 0 Å². The van der Waals surface area contributed by atoms with Gasteiger partial charge in [0.05, 0.1) is 32.3 Å². The molecule has 1 heterocycles. The maximum absolute atomic E-state index is 13.6. The minimum atomic E-state index is -0.922. The summed E-state index contributed by atoms with van der Waals surface area (Å²) in [6.45, 7) is 5.85. The third-order valence-electron chi connectivity index (χ3n) is 5.85. The number of para-hydroxylation sites is 1. The minimum Gasteiger partial charge on any atom is -0.496 e. The van der Waals surface area contributed by atoms with E-state index in [9.17, 15) is 14.4 Å². The number of methoxy groups -OCH3 is 2. The SMILES string of the molecule is CCCOC(=O)C1=C(C)NC2=C(C(=O)[C@H](C(=O)OC)[C@@H](C)C2)[C@@H]1c1ccccc1OC. The van der Waals surface area contributed by atoms with Crippen molar-refractivity contribution in [1.29, 1.82) is 0 Å². The molecular weight excluding hydrogens is 398 g/mol. The van der Waals surface area contributed by atoms with Crippen LogP contribution in [-0.2, 0) is 23.9 Å². The zero-order valence-electron chi connectivity index (χ0n) is 18.6. The third kappa shape index (κ3) is 4.09. The molecule has 0 radical (unpaired) electrons. The highest BCUT2D eigenvalue weighted by molar-refractivity contribution is 6.12. The van der Waals surface area contributed by atoms with Crippen molar-refractivity contribution in [3.63, 3.8) is 0 Å². The number of nitrogens with one attached hydrogen (secondary N) is 1. The van der Waals surface area contributed by atoms with E-state index in [2.05, 4.69) is 5.32 Å². The van der Waals surface area contributed by atoms with Gasteiger partial charge in [-0.1, -0.05) is 32.0 Å². The number of rotatable bonds is 6. The van der Waals surface area contributed by atoms with Gasteiger partial charge in [0.1, 0.15) is 11.7 Å². The molecule has 1 aromatic rings. The molecule has 7 nitrogen and oxygen atoms in total. The quantitative estimate of drug-likeness (QED) is 0.550. The Morgan fingerprint density at radius 1 is 1.19 bits per heavy atom. The normalized spacial score (nSPS) is 23.1. The maximum Gasteiger partial charge on any atom is 0.336 e. The summed E-state index contributed by atoms with van der Waals surface area (Å²) < 4.78 is 15.9. The van der Waals surface area contributed by atoms with Gasteiger partial charge in [0.25, 0.3) is 0 Å². The summed E-state index contributed by atoms with van der Waals surface area (Å²) >= 11 is 0. The number of benzene rings is 1. The summed E-state index contributed by atoms with van der Waals surface area (Å²) in [7, 11) is 2.82. The molecule has 0 spiro atoms. The van der Waals surface area contributed by atoms with Crippen LogP contribution in [0, 0.1) is 11.8 Å². The van der Waals surface area contributed by atoms with Gasteiger partial charge in [0, 0.05) is 22.5 Å². The van der Waals surface area contributed by atoms with E-state index in [1.807, 2.05) is 32.0 Å². The fraction of sp³-hybridized carbons (Fsp3) is 0.458. The summed E-state index contributed by atoms with van der Waals surface area (Å²) in [5.74, 6) is -2.70. The lowest BCUT2D eigenvalue weighted by molar-refractivity contribution is -0.151. The summed E-state index contributed by atoms with van der Waals surface area (Å²) in [4.78, 5) is 39.1. The van der Waals surface area contributed by atoms with Gasteiger partial charge in [0.15, 0.2) is 5.78 Å². The van der Waals surface area contributed by atoms with Crippen LogP contribution < -0.4 is 10.1 Å². The standard InChI is InChI=1S/C24H29NO6/c1-6-11-31-24(28)19-14(3)25-16-12-13(2)18(23(27)30-5)22(26)21(16)20(19)15-9-7-8-10-17(15)29-4/h7-10,13,18,20,25H,6,11-12H2,1-5H3/t13-,18+,20+/m0/s1. The highest BCUT2D eigenvalue weighted by Gasteiger charge is 2.47. The van der Waals surface area contributed by atoms with Crippen molar-refractivity contribution in [3.05, 3.63) is 52.4 Å². The van der Waals surface area contributed by atoms with Crippen LogP contribution in [0.2, 0.25) is 0 Å². The number of carbonyl (C=O) groups is 3. The Kier molecular flexibility index (Phi) is 6.83. The molecule has 166 valence electrons. The fourth-order valence-electron chi connectivity index (χ4n) is 4.44. The number of esters is 2. The van der Waals surface area contributed by atoms with E-state index in [-0.39, 0.29) is 18.3 Å². The number of Topliss-reactive ketones (excluding diaryl/α,β-unsaturated/α-hetero) is 1. The van der Waals surface area contributed by atoms with Gasteiger partial charge in [0.2, 0.25) is 0 Å². The van der Waals surface area contributed by atoms with Crippen molar-refractivity contribution < 1.29 is 28.6 Å². The summed E-state index contributed by atoms with van der Waals surface area (Å²) in [5.41, 5.74) is 2.77. The third-order valence-corrected chi connectivity index (χ3v) is 5.85. The lowest BCUT2D eigenvalue weighted by Gasteiger charge is -2.38. The Hall–Kier alpha value is -3.09. The lowest BCUT2D eigenvalue weighted by atomic mass is 9.69. The van der Waals surface area contributed by atoms with Gasteiger partial charge in [-0.05, 0) is 31.7 Å². The molecule has 0 aromatic heterocycles. The number of hydrogen-bond acceptors (Lipinski definition) is 7. The Bertz CT molecular complexity index is 961. The predicted octanol–water partition coefficient (Wildman–Crippen LogP) is 3.26. The molecule has 0 unspecified atom stereocenters. The monoisotopic (exact) mass is 427 g/mol. The predicted molar refractivity (Wildman–Crippen MR) is 114 cm³/mol. The minimum absolute atomic E-state index is 0.231. The Morgan fingerprint density at radius 2 is 1.90 bits per heavy atom. The second-order valence-electron chi connectivity index (χ2n) is 7.91. The second-order valence-corrected chi connectivity index (χ2v) is 7.91. The highest BCUT2D eigenvalue weighted by atomic mass is 16.5. The number of dihydropyridines is 1. The average Bonchev–Trinajstić information content (AvgIpc) is 2.76. The molecule has 1 aliphatic carbocycles. The van der Waals surface area contributed by atoms with Crippen molar-refractivity contribution in [2.75, 3.05) is 20.8 Å². The van der Waals surface area contributed by atoms with E-state index in [1.54, 1.807) is 20.1 Å². The molecule has 7 heteroatoms. The maximum atomic E-state index is 13.6. The zero-order valence-corrected chi connectivity index (χ0v) is 18.6. The van der Waals surface area contributed by atoms with Crippen molar-refractivity contribution >= 4 is 17.7 Å². The molecule has 0 amide bonds. The first kappa shape index (κ1) is 22.6. The van der Waals surface area contributed by atoms with Gasteiger partial charge in [-0.25, -0.2) is 4.79 Å². The number of hydrogen-bond donors (Lipinski definition) is 1. The average molecular weight is 427 g/mol. The first-order valence-electron chi connectivity index (χ1n) is 10.5. The van der Waals surface area contributed by atoms with Crippen LogP contribution in [0.4, 0.5) is 0 Å². The first-order chi connectivity index (χ1) is 14.8. The molecule has 0 saturated heterocycles. The van der Waals surface area contributed by atoms with Crippen LogP contribution >= 0.6 is 0 Å². The summed E-state index contributed by atoms with van der Waals surface area (Å²) in [6.07, 6.45) is 1.17. The Morgan fingerprint density at radius 3 is 2.55 bits per heavy atom. The van der Waals surface area contributed by atoms with Gasteiger partial charge in [-0.2, -0.15) is 0 Å². The molecule has 0 fully saturated rings. The largest absolute Gasteiger partial charge is 0.496 e. The summed E-state index contributed by atoms with van der Waals surface area (Å²) in [5, 5.41) is 3.25. The van der Waals surface area contributed by atoms with Gasteiger partial charge in [-0.3, -0.25) is 9.59 Å². The van der Waals surface area contributed by atoms with Crippen LogP contribution in [0.3, 0.4) is 0 Å². The molecule has 2 aliphatic rings. The van der Waals surface area contributed by atoms with Crippen LogP contribution in [0.5, 0.6) is 5.75 Å². The molecule has 31 heavy (non-hydrogen) atoms. The van der Waals surface area contributed by atoms with E-state index >= 15 is 0 Å². The van der Waals surface area contributed by atoms with E-state index < -0.39 is 23.8 Å². The topological polar surface area (TPSA) is 90.9 Å².